The van der Waals surface area contributed by atoms with Gasteiger partial charge in [0.2, 0.25) is 0 Å². The smallest absolute Gasteiger partial charge is 0.267 e. The molecular weight excluding hydrogens is 400 g/mol. The fraction of sp³-hybridized carbons (Fsp3) is 0.440. The van der Waals surface area contributed by atoms with E-state index < -0.39 is 0 Å². The van der Waals surface area contributed by atoms with Crippen LogP contribution in [0, 0.1) is 6.92 Å². The van der Waals surface area contributed by atoms with Crippen molar-refractivity contribution >= 4 is 35.9 Å². The first-order chi connectivity index (χ1) is 15.1. The maximum atomic E-state index is 12.8. The molecule has 7 heteroatoms. The SMILES string of the molecule is C=c1cc(C(=O)NCCCN(C)C)n(C)/c1=C(/N=C\C)Nc1ccc(C)cc1NC(C)C. The Hall–Kier alpha value is -3.06. The first kappa shape index (κ1) is 25.2. The summed E-state index contributed by atoms with van der Waals surface area (Å²) in [6, 6.07) is 8.31. The maximum Gasteiger partial charge on any atom is 0.267 e. The van der Waals surface area contributed by atoms with Crippen LogP contribution in [-0.4, -0.2) is 54.8 Å². The summed E-state index contributed by atoms with van der Waals surface area (Å²) in [5.74, 6) is 0.530. The van der Waals surface area contributed by atoms with Crippen LogP contribution in [0.3, 0.4) is 0 Å². The van der Waals surface area contributed by atoms with E-state index in [9.17, 15) is 4.79 Å². The third-order valence-electron chi connectivity index (χ3n) is 4.97. The minimum atomic E-state index is -0.111. The zero-order chi connectivity index (χ0) is 23.8. The molecule has 0 radical (unpaired) electrons. The number of hydrogen-bond donors (Lipinski definition) is 3. The number of aryl methyl sites for hydroxylation is 1. The van der Waals surface area contributed by atoms with Gasteiger partial charge in [0.1, 0.15) is 5.69 Å². The van der Waals surface area contributed by atoms with E-state index in [4.69, 9.17) is 0 Å². The van der Waals surface area contributed by atoms with Crippen molar-refractivity contribution in [2.24, 2.45) is 12.0 Å². The standard InChI is InChI=1S/C25H38N6O/c1-9-26-24(29-20-12-11-18(4)15-21(20)28-17(2)3)23-19(5)16-22(31(23)8)25(32)27-13-10-14-30(6)7/h9,11-12,15-17,28-29H,5,10,13-14H2,1-4,6-8H3,(H,27,32)/b24-23-,26-9-. The van der Waals surface area contributed by atoms with E-state index in [2.05, 4.69) is 65.3 Å². The van der Waals surface area contributed by atoms with E-state index in [1.54, 1.807) is 6.21 Å². The van der Waals surface area contributed by atoms with Crippen LogP contribution in [0.25, 0.3) is 12.4 Å². The van der Waals surface area contributed by atoms with Gasteiger partial charge in [0, 0.05) is 25.8 Å². The van der Waals surface area contributed by atoms with Crippen LogP contribution in [0.4, 0.5) is 11.4 Å². The van der Waals surface area contributed by atoms with Crippen LogP contribution in [0.2, 0.25) is 0 Å². The van der Waals surface area contributed by atoms with E-state index in [-0.39, 0.29) is 11.9 Å². The maximum absolute atomic E-state index is 12.8. The van der Waals surface area contributed by atoms with Gasteiger partial charge < -0.3 is 25.4 Å². The Bertz CT molecular complexity index is 1060. The number of anilines is 2. The van der Waals surface area contributed by atoms with Crippen molar-refractivity contribution < 1.29 is 4.79 Å². The van der Waals surface area contributed by atoms with Gasteiger partial charge in [-0.3, -0.25) is 4.79 Å². The van der Waals surface area contributed by atoms with Crippen LogP contribution >= 0.6 is 0 Å². The summed E-state index contributed by atoms with van der Waals surface area (Å²) < 4.78 is 1.85. The van der Waals surface area contributed by atoms with Gasteiger partial charge in [0.15, 0.2) is 5.82 Å². The molecule has 0 fully saturated rings. The molecule has 1 heterocycles. The number of carbonyl (C=O) groups excluding carboxylic acids is 1. The summed E-state index contributed by atoms with van der Waals surface area (Å²) in [4.78, 5) is 19.5. The number of aliphatic imine (C=N–C) groups is 1. The molecule has 0 bridgehead atoms. The molecule has 7 nitrogen and oxygen atoms in total. The van der Waals surface area contributed by atoms with Crippen molar-refractivity contribution in [3.05, 3.63) is 46.1 Å². The molecule has 0 aliphatic carbocycles. The lowest BCUT2D eigenvalue weighted by molar-refractivity contribution is 0.0944. The summed E-state index contributed by atoms with van der Waals surface area (Å²) in [6.07, 6.45) is 2.63. The third kappa shape index (κ3) is 6.72. The Morgan fingerprint density at radius 1 is 1.25 bits per heavy atom. The fourth-order valence-electron chi connectivity index (χ4n) is 3.49. The molecule has 0 atom stereocenters. The van der Waals surface area contributed by atoms with Crippen molar-refractivity contribution in [2.45, 2.75) is 40.2 Å². The molecule has 0 saturated heterocycles. The summed E-state index contributed by atoms with van der Waals surface area (Å²) >= 11 is 0. The average Bonchev–Trinajstić information content (AvgIpc) is 3.00. The van der Waals surface area contributed by atoms with Gasteiger partial charge in [-0.1, -0.05) is 12.6 Å². The van der Waals surface area contributed by atoms with Gasteiger partial charge in [-0.15, -0.1) is 0 Å². The Balaban J connectivity index is 2.43. The molecule has 0 aliphatic heterocycles. The number of rotatable bonds is 10. The van der Waals surface area contributed by atoms with Crippen molar-refractivity contribution in [2.75, 3.05) is 37.8 Å². The van der Waals surface area contributed by atoms with Crippen molar-refractivity contribution in [3.63, 3.8) is 0 Å². The van der Waals surface area contributed by atoms with Gasteiger partial charge in [-0.25, -0.2) is 4.99 Å². The van der Waals surface area contributed by atoms with Gasteiger partial charge >= 0.3 is 0 Å². The largest absolute Gasteiger partial charge is 0.381 e. The summed E-state index contributed by atoms with van der Waals surface area (Å²) in [7, 11) is 5.91. The summed E-state index contributed by atoms with van der Waals surface area (Å²) in [6.45, 7) is 13.9. The number of benzene rings is 1. The van der Waals surface area contributed by atoms with Crippen LogP contribution < -0.4 is 26.5 Å². The van der Waals surface area contributed by atoms with Crippen LogP contribution in [0.1, 0.15) is 43.2 Å². The summed E-state index contributed by atoms with van der Waals surface area (Å²) in [5, 5.41) is 11.5. The van der Waals surface area contributed by atoms with E-state index in [1.807, 2.05) is 44.8 Å². The zero-order valence-electron chi connectivity index (χ0n) is 20.5. The highest BCUT2D eigenvalue weighted by atomic mass is 16.1. The van der Waals surface area contributed by atoms with Crippen molar-refractivity contribution in [1.29, 1.82) is 0 Å². The number of hydrogen-bond acceptors (Lipinski definition) is 5. The van der Waals surface area contributed by atoms with Gasteiger partial charge in [-0.2, -0.15) is 0 Å². The Kier molecular flexibility index (Phi) is 9.08. The Labute approximate surface area is 191 Å². The first-order valence-electron chi connectivity index (χ1n) is 11.1. The molecule has 2 rings (SSSR count). The molecule has 0 spiro atoms. The molecule has 1 aromatic heterocycles. The molecule has 1 amide bonds. The molecule has 32 heavy (non-hydrogen) atoms. The number of nitrogens with zero attached hydrogens (tertiary/aromatic N) is 3. The molecule has 2 aromatic rings. The number of nitrogens with one attached hydrogen (secondary N) is 3. The van der Waals surface area contributed by atoms with E-state index in [0.717, 1.165) is 34.9 Å². The predicted octanol–water partition coefficient (Wildman–Crippen LogP) is 2.51. The summed E-state index contributed by atoms with van der Waals surface area (Å²) in [5.41, 5.74) is 3.65. The average molecular weight is 439 g/mol. The molecule has 3 N–H and O–H groups in total. The quantitative estimate of drug-likeness (QED) is 0.394. The normalized spacial score (nSPS) is 12.5. The molecule has 0 aliphatic rings. The number of carbonyl (C=O) groups is 1. The molecular formula is C25H38N6O. The molecule has 0 saturated carbocycles. The van der Waals surface area contributed by atoms with Gasteiger partial charge in [0.25, 0.3) is 5.91 Å². The van der Waals surface area contributed by atoms with E-state index in [1.165, 1.54) is 5.56 Å². The van der Waals surface area contributed by atoms with E-state index in [0.29, 0.717) is 18.1 Å². The number of aromatic nitrogens is 1. The van der Waals surface area contributed by atoms with Crippen molar-refractivity contribution in [1.82, 2.24) is 14.8 Å². The lowest BCUT2D eigenvalue weighted by atomic mass is 10.1. The minimum absolute atomic E-state index is 0.111. The molecule has 0 unspecified atom stereocenters. The van der Waals surface area contributed by atoms with Gasteiger partial charge in [-0.05, 0) is 83.7 Å². The lowest BCUT2D eigenvalue weighted by Crippen LogP contribution is -2.33. The monoisotopic (exact) mass is 438 g/mol. The van der Waals surface area contributed by atoms with Crippen LogP contribution in [-0.2, 0) is 7.05 Å². The minimum Gasteiger partial charge on any atom is -0.381 e. The van der Waals surface area contributed by atoms with Crippen molar-refractivity contribution in [3.8, 4) is 0 Å². The topological polar surface area (TPSA) is 73.7 Å². The Morgan fingerprint density at radius 3 is 2.59 bits per heavy atom. The highest BCUT2D eigenvalue weighted by molar-refractivity contribution is 5.93. The highest BCUT2D eigenvalue weighted by Crippen LogP contribution is 2.25. The highest BCUT2D eigenvalue weighted by Gasteiger charge is 2.14. The molecule has 174 valence electrons. The second-order valence-electron chi connectivity index (χ2n) is 8.58. The predicted molar refractivity (Wildman–Crippen MR) is 137 cm³/mol. The number of amides is 1. The Morgan fingerprint density at radius 2 is 1.97 bits per heavy atom. The fourth-order valence-corrected chi connectivity index (χ4v) is 3.49. The third-order valence-corrected chi connectivity index (χ3v) is 4.97. The molecule has 1 aromatic carbocycles. The first-order valence-corrected chi connectivity index (χ1v) is 11.1. The zero-order valence-corrected chi connectivity index (χ0v) is 20.5. The van der Waals surface area contributed by atoms with E-state index >= 15 is 0 Å². The second-order valence-corrected chi connectivity index (χ2v) is 8.58. The second kappa shape index (κ2) is 11.5. The van der Waals surface area contributed by atoms with Crippen LogP contribution in [0.5, 0.6) is 0 Å². The lowest BCUT2D eigenvalue weighted by Gasteiger charge is -2.17. The van der Waals surface area contributed by atoms with Gasteiger partial charge in [0.05, 0.1) is 16.7 Å². The van der Waals surface area contributed by atoms with Crippen LogP contribution in [0.15, 0.2) is 29.3 Å².